The van der Waals surface area contributed by atoms with Gasteiger partial charge in [-0.05, 0) is 64.7 Å². The fraction of sp³-hybridized carbons (Fsp3) is 0.714. The van der Waals surface area contributed by atoms with Crippen LogP contribution in [0, 0.1) is 11.8 Å². The van der Waals surface area contributed by atoms with Gasteiger partial charge in [-0.3, -0.25) is 0 Å². The number of allylic oxidation sites excluding steroid dienone is 4. The second kappa shape index (κ2) is 3.92. The lowest BCUT2D eigenvalue weighted by atomic mass is 9.87. The van der Waals surface area contributed by atoms with Crippen LogP contribution in [0.4, 0.5) is 0 Å². The highest BCUT2D eigenvalue weighted by molar-refractivity contribution is 5.21. The molecule has 14 heavy (non-hydrogen) atoms. The van der Waals surface area contributed by atoms with E-state index in [9.17, 15) is 0 Å². The quantitative estimate of drug-likeness (QED) is 0.494. The maximum absolute atomic E-state index is 2.48. The molecule has 0 heterocycles. The molecule has 0 bridgehead atoms. The van der Waals surface area contributed by atoms with Crippen molar-refractivity contribution in [3.63, 3.8) is 0 Å². The second-order valence-electron chi connectivity index (χ2n) is 5.26. The Morgan fingerprint density at radius 1 is 1.21 bits per heavy atom. The molecule has 0 spiro atoms. The summed E-state index contributed by atoms with van der Waals surface area (Å²) in [5, 5.41) is 0. The van der Waals surface area contributed by atoms with E-state index in [1.54, 1.807) is 16.7 Å². The maximum Gasteiger partial charge on any atom is -0.0166 e. The fourth-order valence-corrected chi connectivity index (χ4v) is 3.16. The minimum Gasteiger partial charge on any atom is -0.0853 e. The SMILES string of the molecule is CC1=CC[C@H]2CCC(=C(C)C)[C@@H]2CC1. The fourth-order valence-electron chi connectivity index (χ4n) is 3.16. The standard InChI is InChI=1S/C14H22/c1-10(2)13-9-7-12-6-4-11(3)5-8-14(12)13/h4,12,14H,5-9H2,1-3H3/t12-,14+/m0/s1. The van der Waals surface area contributed by atoms with Crippen LogP contribution in [0.3, 0.4) is 0 Å². The van der Waals surface area contributed by atoms with Gasteiger partial charge in [0.2, 0.25) is 0 Å². The lowest BCUT2D eigenvalue weighted by molar-refractivity contribution is 0.412. The minimum atomic E-state index is 0.925. The Balaban J connectivity index is 2.18. The first-order valence-corrected chi connectivity index (χ1v) is 6.00. The summed E-state index contributed by atoms with van der Waals surface area (Å²) in [6, 6.07) is 0. The number of fused-ring (bicyclic) bond motifs is 1. The molecule has 2 atom stereocenters. The molecule has 0 saturated heterocycles. The van der Waals surface area contributed by atoms with E-state index < -0.39 is 0 Å². The van der Waals surface area contributed by atoms with Gasteiger partial charge in [0, 0.05) is 0 Å². The molecule has 2 rings (SSSR count). The van der Waals surface area contributed by atoms with Crippen LogP contribution >= 0.6 is 0 Å². The summed E-state index contributed by atoms with van der Waals surface area (Å²) in [5.41, 5.74) is 5.00. The maximum atomic E-state index is 2.48. The Kier molecular flexibility index (Phi) is 2.80. The molecule has 78 valence electrons. The largest absolute Gasteiger partial charge is 0.0853 e. The normalized spacial score (nSPS) is 32.2. The van der Waals surface area contributed by atoms with Gasteiger partial charge in [-0.25, -0.2) is 0 Å². The first-order chi connectivity index (χ1) is 6.68. The smallest absolute Gasteiger partial charge is 0.0166 e. The van der Waals surface area contributed by atoms with E-state index in [0.717, 1.165) is 11.8 Å². The molecule has 0 aromatic rings. The lowest BCUT2D eigenvalue weighted by Crippen LogP contribution is -2.07. The molecule has 1 saturated carbocycles. The Bertz CT molecular complexity index is 276. The summed E-state index contributed by atoms with van der Waals surface area (Å²) in [4.78, 5) is 0. The Morgan fingerprint density at radius 2 is 2.00 bits per heavy atom. The van der Waals surface area contributed by atoms with Gasteiger partial charge in [0.1, 0.15) is 0 Å². The first kappa shape index (κ1) is 10.0. The number of hydrogen-bond donors (Lipinski definition) is 0. The summed E-state index contributed by atoms with van der Waals surface area (Å²) in [7, 11) is 0. The van der Waals surface area contributed by atoms with E-state index >= 15 is 0 Å². The third-order valence-electron chi connectivity index (χ3n) is 4.06. The Labute approximate surface area is 88.1 Å². The zero-order chi connectivity index (χ0) is 10.1. The molecule has 0 N–H and O–H groups in total. The zero-order valence-corrected chi connectivity index (χ0v) is 9.77. The molecule has 0 amide bonds. The van der Waals surface area contributed by atoms with E-state index in [-0.39, 0.29) is 0 Å². The molecule has 0 nitrogen and oxygen atoms in total. The molecule has 2 aliphatic carbocycles. The summed E-state index contributed by atoms with van der Waals surface area (Å²) < 4.78 is 0. The molecular formula is C14H22. The molecule has 0 aromatic carbocycles. The summed E-state index contributed by atoms with van der Waals surface area (Å²) in [5.74, 6) is 1.89. The van der Waals surface area contributed by atoms with Gasteiger partial charge in [0.05, 0.1) is 0 Å². The van der Waals surface area contributed by atoms with Crippen LogP contribution in [0.5, 0.6) is 0 Å². The molecule has 0 aromatic heterocycles. The third kappa shape index (κ3) is 1.80. The van der Waals surface area contributed by atoms with E-state index in [1.807, 2.05) is 0 Å². The summed E-state index contributed by atoms with van der Waals surface area (Å²) in [6.45, 7) is 6.88. The van der Waals surface area contributed by atoms with Crippen molar-refractivity contribution in [2.24, 2.45) is 11.8 Å². The van der Waals surface area contributed by atoms with Crippen LogP contribution in [0.2, 0.25) is 0 Å². The highest BCUT2D eigenvalue weighted by Gasteiger charge is 2.31. The van der Waals surface area contributed by atoms with Crippen molar-refractivity contribution < 1.29 is 0 Å². The van der Waals surface area contributed by atoms with Crippen molar-refractivity contribution >= 4 is 0 Å². The van der Waals surface area contributed by atoms with Gasteiger partial charge in [0.15, 0.2) is 0 Å². The Hall–Kier alpha value is -0.520. The molecule has 0 heteroatoms. The van der Waals surface area contributed by atoms with E-state index in [2.05, 4.69) is 26.8 Å². The topological polar surface area (TPSA) is 0 Å². The van der Waals surface area contributed by atoms with E-state index in [4.69, 9.17) is 0 Å². The van der Waals surface area contributed by atoms with Gasteiger partial charge in [-0.15, -0.1) is 0 Å². The monoisotopic (exact) mass is 190 g/mol. The lowest BCUT2D eigenvalue weighted by Gasteiger charge is -2.18. The Morgan fingerprint density at radius 3 is 2.71 bits per heavy atom. The van der Waals surface area contributed by atoms with Gasteiger partial charge < -0.3 is 0 Å². The van der Waals surface area contributed by atoms with Crippen molar-refractivity contribution in [1.29, 1.82) is 0 Å². The van der Waals surface area contributed by atoms with Gasteiger partial charge >= 0.3 is 0 Å². The van der Waals surface area contributed by atoms with Crippen LogP contribution in [-0.4, -0.2) is 0 Å². The molecule has 1 fully saturated rings. The second-order valence-corrected chi connectivity index (χ2v) is 5.26. The van der Waals surface area contributed by atoms with Crippen LogP contribution in [0.1, 0.15) is 52.9 Å². The average Bonchev–Trinajstić information content (AvgIpc) is 2.46. The summed E-state index contributed by atoms with van der Waals surface area (Å²) >= 11 is 0. The highest BCUT2D eigenvalue weighted by Crippen LogP contribution is 2.45. The average molecular weight is 190 g/mol. The van der Waals surface area contributed by atoms with Crippen molar-refractivity contribution in [3.8, 4) is 0 Å². The van der Waals surface area contributed by atoms with Crippen molar-refractivity contribution in [2.75, 3.05) is 0 Å². The van der Waals surface area contributed by atoms with Crippen molar-refractivity contribution in [3.05, 3.63) is 22.8 Å². The van der Waals surface area contributed by atoms with Crippen LogP contribution in [0.25, 0.3) is 0 Å². The summed E-state index contributed by atoms with van der Waals surface area (Å²) in [6.07, 6.45) is 9.39. The number of hydrogen-bond acceptors (Lipinski definition) is 0. The molecule has 0 unspecified atom stereocenters. The van der Waals surface area contributed by atoms with Gasteiger partial charge in [0.25, 0.3) is 0 Å². The van der Waals surface area contributed by atoms with E-state index in [0.29, 0.717) is 0 Å². The van der Waals surface area contributed by atoms with Crippen LogP contribution in [0.15, 0.2) is 22.8 Å². The predicted molar refractivity (Wildman–Crippen MR) is 62.2 cm³/mol. The van der Waals surface area contributed by atoms with Crippen LogP contribution < -0.4 is 0 Å². The molecule has 0 radical (unpaired) electrons. The van der Waals surface area contributed by atoms with E-state index in [1.165, 1.54) is 32.1 Å². The number of rotatable bonds is 0. The van der Waals surface area contributed by atoms with Crippen molar-refractivity contribution in [1.82, 2.24) is 0 Å². The van der Waals surface area contributed by atoms with Crippen LogP contribution in [-0.2, 0) is 0 Å². The highest BCUT2D eigenvalue weighted by atomic mass is 14.4. The third-order valence-corrected chi connectivity index (χ3v) is 4.06. The minimum absolute atomic E-state index is 0.925. The molecule has 0 aliphatic heterocycles. The predicted octanol–water partition coefficient (Wildman–Crippen LogP) is 4.48. The van der Waals surface area contributed by atoms with Gasteiger partial charge in [-0.1, -0.05) is 22.8 Å². The molecular weight excluding hydrogens is 168 g/mol. The zero-order valence-electron chi connectivity index (χ0n) is 9.77. The first-order valence-electron chi connectivity index (χ1n) is 6.00. The van der Waals surface area contributed by atoms with Crippen molar-refractivity contribution in [2.45, 2.75) is 52.9 Å². The molecule has 2 aliphatic rings. The van der Waals surface area contributed by atoms with Gasteiger partial charge in [-0.2, -0.15) is 0 Å².